The van der Waals surface area contributed by atoms with Crippen LogP contribution in [-0.2, 0) is 0 Å². The molecule has 0 radical (unpaired) electrons. The molecular weight excluding hydrogens is 234 g/mol. The zero-order valence-electron chi connectivity index (χ0n) is 9.12. The summed E-state index contributed by atoms with van der Waals surface area (Å²) in [5.41, 5.74) is 0.323. The molecule has 0 atom stereocenters. The highest BCUT2D eigenvalue weighted by atomic mass is 32.2. The summed E-state index contributed by atoms with van der Waals surface area (Å²) >= 11 is 1.49. The van der Waals surface area contributed by atoms with Crippen molar-refractivity contribution in [3.63, 3.8) is 0 Å². The van der Waals surface area contributed by atoms with Gasteiger partial charge in [-0.1, -0.05) is 11.8 Å². The van der Waals surface area contributed by atoms with Crippen LogP contribution >= 0.6 is 11.8 Å². The second kappa shape index (κ2) is 5.32. The molecule has 0 fully saturated rings. The average molecular weight is 243 g/mol. The van der Waals surface area contributed by atoms with Crippen molar-refractivity contribution in [2.24, 2.45) is 0 Å². The Morgan fingerprint density at radius 2 is 1.94 bits per heavy atom. The van der Waals surface area contributed by atoms with Gasteiger partial charge in [-0.25, -0.2) is 9.97 Å². The zero-order chi connectivity index (χ0) is 12.1. The molecule has 0 N–H and O–H groups in total. The Morgan fingerprint density at radius 1 is 1.18 bits per heavy atom. The molecule has 0 saturated heterocycles. The molecule has 2 aromatic rings. The zero-order valence-corrected chi connectivity index (χ0v) is 9.94. The standard InChI is InChI=1S/C12H9N3OS/c1-16-10-2-4-11(5-3-10)17-12-8-14-9(6-13)7-15-12/h2-5,7-8H,1H3. The number of nitriles is 1. The molecule has 84 valence electrons. The first-order valence-corrected chi connectivity index (χ1v) is 5.67. The molecule has 0 saturated carbocycles. The first-order valence-electron chi connectivity index (χ1n) is 4.86. The Balaban J connectivity index is 2.11. The molecule has 5 heteroatoms. The fraction of sp³-hybridized carbons (Fsp3) is 0.0833. The van der Waals surface area contributed by atoms with Crippen LogP contribution in [0.15, 0.2) is 46.6 Å². The molecule has 0 spiro atoms. The molecule has 4 nitrogen and oxygen atoms in total. The third-order valence-electron chi connectivity index (χ3n) is 2.02. The van der Waals surface area contributed by atoms with E-state index >= 15 is 0 Å². The summed E-state index contributed by atoms with van der Waals surface area (Å²) in [7, 11) is 1.63. The van der Waals surface area contributed by atoms with Gasteiger partial charge in [0.1, 0.15) is 16.8 Å². The highest BCUT2D eigenvalue weighted by molar-refractivity contribution is 7.99. The van der Waals surface area contributed by atoms with Crippen molar-refractivity contribution in [2.75, 3.05) is 7.11 Å². The number of benzene rings is 1. The van der Waals surface area contributed by atoms with E-state index in [1.807, 2.05) is 30.3 Å². The number of ether oxygens (including phenoxy) is 1. The van der Waals surface area contributed by atoms with Crippen molar-refractivity contribution in [2.45, 2.75) is 9.92 Å². The van der Waals surface area contributed by atoms with Gasteiger partial charge < -0.3 is 4.74 Å². The Kier molecular flexibility index (Phi) is 3.58. The first-order chi connectivity index (χ1) is 8.31. The number of rotatable bonds is 3. The highest BCUT2D eigenvalue weighted by Gasteiger charge is 2.00. The van der Waals surface area contributed by atoms with E-state index in [1.165, 1.54) is 18.0 Å². The maximum atomic E-state index is 8.60. The summed E-state index contributed by atoms with van der Waals surface area (Å²) < 4.78 is 5.08. The molecule has 0 aliphatic carbocycles. The minimum absolute atomic E-state index is 0.323. The number of aromatic nitrogens is 2. The van der Waals surface area contributed by atoms with Crippen LogP contribution in [0.25, 0.3) is 0 Å². The fourth-order valence-electron chi connectivity index (χ4n) is 1.19. The largest absolute Gasteiger partial charge is 0.497 e. The topological polar surface area (TPSA) is 58.8 Å². The minimum Gasteiger partial charge on any atom is -0.497 e. The Hall–Kier alpha value is -2.06. The van der Waals surface area contributed by atoms with Crippen molar-refractivity contribution in [3.05, 3.63) is 42.4 Å². The number of methoxy groups -OCH3 is 1. The van der Waals surface area contributed by atoms with E-state index in [1.54, 1.807) is 13.3 Å². The van der Waals surface area contributed by atoms with Crippen molar-refractivity contribution in [1.82, 2.24) is 9.97 Å². The molecule has 1 aromatic carbocycles. The van der Waals surface area contributed by atoms with Gasteiger partial charge in [-0.05, 0) is 24.3 Å². The van der Waals surface area contributed by atoms with Crippen LogP contribution in [0.2, 0.25) is 0 Å². The normalized spacial score (nSPS) is 9.65. The van der Waals surface area contributed by atoms with Gasteiger partial charge in [0, 0.05) is 4.90 Å². The van der Waals surface area contributed by atoms with Gasteiger partial charge >= 0.3 is 0 Å². The van der Waals surface area contributed by atoms with Crippen LogP contribution in [-0.4, -0.2) is 17.1 Å². The average Bonchev–Trinajstić information content (AvgIpc) is 2.40. The van der Waals surface area contributed by atoms with E-state index in [4.69, 9.17) is 10.00 Å². The molecule has 0 aliphatic rings. The van der Waals surface area contributed by atoms with E-state index in [0.29, 0.717) is 5.69 Å². The number of hydrogen-bond acceptors (Lipinski definition) is 5. The highest BCUT2D eigenvalue weighted by Crippen LogP contribution is 2.26. The molecule has 0 unspecified atom stereocenters. The molecule has 17 heavy (non-hydrogen) atoms. The second-order valence-electron chi connectivity index (χ2n) is 3.13. The van der Waals surface area contributed by atoms with Crippen LogP contribution in [0.5, 0.6) is 5.75 Å². The third-order valence-corrected chi connectivity index (χ3v) is 2.95. The molecule has 1 aromatic heterocycles. The lowest BCUT2D eigenvalue weighted by molar-refractivity contribution is 0.414. The quantitative estimate of drug-likeness (QED) is 0.829. The molecule has 0 bridgehead atoms. The van der Waals surface area contributed by atoms with Crippen LogP contribution in [0.1, 0.15) is 5.69 Å². The van der Waals surface area contributed by atoms with Gasteiger partial charge in [0.05, 0.1) is 19.5 Å². The molecule has 1 heterocycles. The number of nitrogens with zero attached hydrogens (tertiary/aromatic N) is 3. The molecule has 0 amide bonds. The Labute approximate surface area is 103 Å². The van der Waals surface area contributed by atoms with E-state index in [2.05, 4.69) is 9.97 Å². The van der Waals surface area contributed by atoms with Gasteiger partial charge in [0.2, 0.25) is 0 Å². The third kappa shape index (κ3) is 2.95. The lowest BCUT2D eigenvalue weighted by Gasteiger charge is -2.02. The predicted molar refractivity (Wildman–Crippen MR) is 63.9 cm³/mol. The Bertz CT molecular complexity index is 531. The monoisotopic (exact) mass is 243 g/mol. The fourth-order valence-corrected chi connectivity index (χ4v) is 1.92. The van der Waals surface area contributed by atoms with E-state index in [9.17, 15) is 0 Å². The second-order valence-corrected chi connectivity index (χ2v) is 4.22. The lowest BCUT2D eigenvalue weighted by Crippen LogP contribution is -1.87. The van der Waals surface area contributed by atoms with Crippen LogP contribution in [0, 0.1) is 11.3 Å². The predicted octanol–water partition coefficient (Wildman–Crippen LogP) is 2.51. The van der Waals surface area contributed by atoms with Gasteiger partial charge in [0.25, 0.3) is 0 Å². The molecule has 0 aliphatic heterocycles. The Morgan fingerprint density at radius 3 is 2.47 bits per heavy atom. The summed E-state index contributed by atoms with van der Waals surface area (Å²) in [4.78, 5) is 9.14. The van der Waals surface area contributed by atoms with Crippen LogP contribution < -0.4 is 4.74 Å². The maximum absolute atomic E-state index is 8.60. The summed E-state index contributed by atoms with van der Waals surface area (Å²) in [5, 5.41) is 9.36. The summed E-state index contributed by atoms with van der Waals surface area (Å²) in [6.07, 6.45) is 3.05. The summed E-state index contributed by atoms with van der Waals surface area (Å²) in [6.45, 7) is 0. The lowest BCUT2D eigenvalue weighted by atomic mass is 10.3. The number of hydrogen-bond donors (Lipinski definition) is 0. The van der Waals surface area contributed by atoms with Gasteiger partial charge in [-0.2, -0.15) is 5.26 Å². The van der Waals surface area contributed by atoms with Gasteiger partial charge in [-0.15, -0.1) is 0 Å². The first kappa shape index (κ1) is 11.4. The molecule has 2 rings (SSSR count). The summed E-state index contributed by atoms with van der Waals surface area (Å²) in [6, 6.07) is 9.61. The molecular formula is C12H9N3OS. The minimum atomic E-state index is 0.323. The van der Waals surface area contributed by atoms with Gasteiger partial charge in [0.15, 0.2) is 5.69 Å². The van der Waals surface area contributed by atoms with E-state index in [0.717, 1.165) is 15.7 Å². The SMILES string of the molecule is COc1ccc(Sc2cnc(C#N)cn2)cc1. The van der Waals surface area contributed by atoms with Crippen molar-refractivity contribution in [1.29, 1.82) is 5.26 Å². The smallest absolute Gasteiger partial charge is 0.158 e. The van der Waals surface area contributed by atoms with Crippen LogP contribution in [0.3, 0.4) is 0 Å². The summed E-state index contributed by atoms with van der Waals surface area (Å²) in [5.74, 6) is 0.820. The van der Waals surface area contributed by atoms with Crippen molar-refractivity contribution in [3.8, 4) is 11.8 Å². The van der Waals surface area contributed by atoms with Crippen molar-refractivity contribution < 1.29 is 4.74 Å². The maximum Gasteiger partial charge on any atom is 0.158 e. The van der Waals surface area contributed by atoms with E-state index < -0.39 is 0 Å². The van der Waals surface area contributed by atoms with E-state index in [-0.39, 0.29) is 0 Å². The van der Waals surface area contributed by atoms with Gasteiger partial charge in [-0.3, -0.25) is 0 Å². The van der Waals surface area contributed by atoms with Crippen LogP contribution in [0.4, 0.5) is 0 Å². The van der Waals surface area contributed by atoms with Crippen molar-refractivity contribution >= 4 is 11.8 Å².